The van der Waals surface area contributed by atoms with Gasteiger partial charge in [-0.15, -0.1) is 0 Å². The van der Waals surface area contributed by atoms with Gasteiger partial charge in [-0.25, -0.2) is 0 Å². The first-order valence-corrected chi connectivity index (χ1v) is 4.08. The number of amides is 2. The molecule has 0 spiro atoms. The Balaban J connectivity index is 0. The van der Waals surface area contributed by atoms with Crippen LogP contribution < -0.4 is 5.32 Å². The van der Waals surface area contributed by atoms with Gasteiger partial charge in [0.15, 0.2) is 5.91 Å². The van der Waals surface area contributed by atoms with E-state index in [1.54, 1.807) is 6.92 Å². The zero-order valence-corrected chi connectivity index (χ0v) is 11.0. The molecule has 0 aliphatic carbocycles. The Morgan fingerprint density at radius 1 is 1.46 bits per heavy atom. The summed E-state index contributed by atoms with van der Waals surface area (Å²) in [4.78, 5) is 21.5. The average Bonchev–Trinajstić information content (AvgIpc) is 2.08. The van der Waals surface area contributed by atoms with Crippen LogP contribution in [0.3, 0.4) is 0 Å². The zero-order valence-electron chi connectivity index (χ0n) is 8.17. The Morgan fingerprint density at radius 2 is 2.00 bits per heavy atom. The smallest absolute Gasteiger partial charge is 0.226 e. The van der Waals surface area contributed by atoms with Crippen molar-refractivity contribution in [2.24, 2.45) is 5.92 Å². The zero-order chi connectivity index (χ0) is 9.56. The molecule has 0 bridgehead atoms. The quantitative estimate of drug-likeness (QED) is 0.565. The predicted octanol–water partition coefficient (Wildman–Crippen LogP) is 1.10. The summed E-state index contributed by atoms with van der Waals surface area (Å²) in [5, 5.41) is 2.27. The van der Waals surface area contributed by atoms with Gasteiger partial charge in [0.25, 0.3) is 0 Å². The molecule has 4 heteroatoms. The summed E-state index contributed by atoms with van der Waals surface area (Å²) in [5.74, 6) is -0.362. The Bertz CT molecular complexity index is 171. The normalized spacial score (nSPS) is 20.7. The second-order valence-corrected chi connectivity index (χ2v) is 2.39. The van der Waals surface area contributed by atoms with Gasteiger partial charge in [0, 0.05) is 39.1 Å². The van der Waals surface area contributed by atoms with Crippen LogP contribution in [0.25, 0.3) is 0 Å². The molecule has 1 heterocycles. The van der Waals surface area contributed by atoms with E-state index in [9.17, 15) is 9.59 Å². The van der Waals surface area contributed by atoms with Gasteiger partial charge in [-0.3, -0.25) is 14.9 Å². The van der Waals surface area contributed by atoms with E-state index in [2.05, 4.69) is 12.2 Å². The molecule has 1 rings (SSSR count). The van der Waals surface area contributed by atoms with Crippen molar-refractivity contribution in [2.75, 3.05) is 0 Å². The number of hydrogen-bond donors (Lipinski definition) is 1. The Hall–Kier alpha value is 0.244. The van der Waals surface area contributed by atoms with Crippen LogP contribution in [-0.2, 0) is 42.3 Å². The van der Waals surface area contributed by atoms with E-state index in [1.807, 2.05) is 13.3 Å². The van der Waals surface area contributed by atoms with Crippen molar-refractivity contribution in [3.05, 3.63) is 13.3 Å². The maximum atomic E-state index is 10.9. The van der Waals surface area contributed by atoms with Gasteiger partial charge in [0.1, 0.15) is 0 Å². The first-order chi connectivity index (χ1) is 5.74. The largest absolute Gasteiger partial charge is 0.346 e. The van der Waals surface area contributed by atoms with E-state index < -0.39 is 0 Å². The number of carbonyl (C=O) groups is 2. The molecule has 2 amide bonds. The molecule has 0 aromatic heterocycles. The van der Waals surface area contributed by atoms with Gasteiger partial charge in [-0.1, -0.05) is 12.3 Å². The third-order valence-corrected chi connectivity index (χ3v) is 1.68. The first-order valence-electron chi connectivity index (χ1n) is 4.08. The maximum absolute atomic E-state index is 10.9. The average molecular weight is 258 g/mol. The molecule has 1 aliphatic rings. The molecule has 1 atom stereocenters. The molecule has 0 aromatic carbocycles. The number of rotatable bonds is 1. The standard InChI is InChI=1S/C7H10NO2.C2H5.Y/c1-2-5-3-4-6(9)8-7(5)10;1-2;/h2,5H,3-4H2,1H3,(H,8,9,10);1H2,2H3;/q2*-1;. The topological polar surface area (TPSA) is 46.2 Å². The molecule has 73 valence electrons. The Kier molecular flexibility index (Phi) is 10.7. The Morgan fingerprint density at radius 3 is 2.38 bits per heavy atom. The molecule has 1 unspecified atom stereocenters. The van der Waals surface area contributed by atoms with Crippen molar-refractivity contribution in [3.63, 3.8) is 0 Å². The summed E-state index contributed by atoms with van der Waals surface area (Å²) in [7, 11) is 0. The summed E-state index contributed by atoms with van der Waals surface area (Å²) in [5.41, 5.74) is 0. The number of imide groups is 1. The number of hydrogen-bond acceptors (Lipinski definition) is 2. The fourth-order valence-electron chi connectivity index (χ4n) is 1.03. The molecule has 1 fully saturated rings. The molecule has 0 aromatic rings. The van der Waals surface area contributed by atoms with Crippen molar-refractivity contribution < 1.29 is 42.3 Å². The van der Waals surface area contributed by atoms with Crippen LogP contribution in [0.5, 0.6) is 0 Å². The second kappa shape index (κ2) is 8.83. The molecule has 1 radical (unpaired) electrons. The van der Waals surface area contributed by atoms with Crippen LogP contribution in [-0.4, -0.2) is 11.8 Å². The monoisotopic (exact) mass is 258 g/mol. The van der Waals surface area contributed by atoms with E-state index in [1.165, 1.54) is 0 Å². The minimum Gasteiger partial charge on any atom is -0.346 e. The van der Waals surface area contributed by atoms with Crippen molar-refractivity contribution >= 4 is 11.8 Å². The van der Waals surface area contributed by atoms with Crippen LogP contribution in [0.1, 0.15) is 26.7 Å². The second-order valence-electron chi connectivity index (χ2n) is 2.39. The summed E-state index contributed by atoms with van der Waals surface area (Å²) in [6, 6.07) is 0. The molecule has 1 N–H and O–H groups in total. The summed E-state index contributed by atoms with van der Waals surface area (Å²) in [6.45, 7) is 6.83. The van der Waals surface area contributed by atoms with Crippen LogP contribution in [0.4, 0.5) is 0 Å². The molecule has 1 saturated heterocycles. The van der Waals surface area contributed by atoms with Gasteiger partial charge >= 0.3 is 0 Å². The summed E-state index contributed by atoms with van der Waals surface area (Å²) in [6.07, 6.45) is 2.96. The van der Waals surface area contributed by atoms with Crippen LogP contribution in [0.15, 0.2) is 0 Å². The molecule has 13 heavy (non-hydrogen) atoms. The third-order valence-electron chi connectivity index (χ3n) is 1.68. The first kappa shape index (κ1) is 15.7. The molecule has 0 saturated carbocycles. The van der Waals surface area contributed by atoms with Crippen molar-refractivity contribution in [2.45, 2.75) is 26.7 Å². The van der Waals surface area contributed by atoms with Gasteiger partial charge in [-0.2, -0.15) is 13.8 Å². The third kappa shape index (κ3) is 5.53. The number of carbonyl (C=O) groups excluding carboxylic acids is 2. The molecular weight excluding hydrogens is 243 g/mol. The molecule has 1 aliphatic heterocycles. The van der Waals surface area contributed by atoms with Gasteiger partial charge in [0.2, 0.25) is 5.91 Å². The molecular formula is C9H15NO2Y-2. The van der Waals surface area contributed by atoms with Crippen molar-refractivity contribution in [3.8, 4) is 0 Å². The van der Waals surface area contributed by atoms with E-state index in [-0.39, 0.29) is 50.4 Å². The maximum Gasteiger partial charge on any atom is 0.226 e. The van der Waals surface area contributed by atoms with Crippen molar-refractivity contribution in [1.82, 2.24) is 5.32 Å². The minimum absolute atomic E-state index is 0. The number of nitrogens with one attached hydrogen (secondary N) is 1. The van der Waals surface area contributed by atoms with Gasteiger partial charge in [-0.05, 0) is 0 Å². The van der Waals surface area contributed by atoms with Crippen LogP contribution >= 0.6 is 0 Å². The minimum atomic E-state index is -0.154. The van der Waals surface area contributed by atoms with E-state index in [4.69, 9.17) is 0 Å². The van der Waals surface area contributed by atoms with Crippen LogP contribution in [0, 0.1) is 19.3 Å². The van der Waals surface area contributed by atoms with E-state index in [0.717, 1.165) is 0 Å². The fraction of sp³-hybridized carbons (Fsp3) is 0.556. The van der Waals surface area contributed by atoms with E-state index in [0.29, 0.717) is 12.8 Å². The number of piperidine rings is 1. The van der Waals surface area contributed by atoms with Crippen molar-refractivity contribution in [1.29, 1.82) is 0 Å². The summed E-state index contributed by atoms with van der Waals surface area (Å²) < 4.78 is 0. The van der Waals surface area contributed by atoms with Gasteiger partial charge in [0.05, 0.1) is 0 Å². The van der Waals surface area contributed by atoms with Gasteiger partial charge < -0.3 is 13.3 Å². The van der Waals surface area contributed by atoms with Crippen LogP contribution in [0.2, 0.25) is 0 Å². The Labute approximate surface area is 105 Å². The SMILES string of the molecule is C[CH-]C1CCC(=O)NC1=O.[CH2-]C.[Y]. The molecule has 3 nitrogen and oxygen atoms in total. The summed E-state index contributed by atoms with van der Waals surface area (Å²) >= 11 is 0. The van der Waals surface area contributed by atoms with E-state index >= 15 is 0 Å². The predicted molar refractivity (Wildman–Crippen MR) is 46.9 cm³/mol. The fourth-order valence-corrected chi connectivity index (χ4v) is 1.03.